The van der Waals surface area contributed by atoms with E-state index in [2.05, 4.69) is 32.9 Å². The summed E-state index contributed by atoms with van der Waals surface area (Å²) in [5, 5.41) is 0. The molecule has 0 N–H and O–H groups in total. The fourth-order valence-electron chi connectivity index (χ4n) is 1.21. The van der Waals surface area contributed by atoms with Crippen LogP contribution in [0.4, 0.5) is 0 Å². The Labute approximate surface area is 76.5 Å². The molecule has 10 heavy (non-hydrogen) atoms. The van der Waals surface area contributed by atoms with E-state index >= 15 is 0 Å². The average molecular weight is 240 g/mol. The van der Waals surface area contributed by atoms with Crippen molar-refractivity contribution >= 4 is 22.5 Å². The monoisotopic (exact) mass is 241 g/mol. The van der Waals surface area contributed by atoms with Gasteiger partial charge in [0.25, 0.3) is 0 Å². The molecule has 0 aromatic rings. The molecule has 0 saturated heterocycles. The van der Waals surface area contributed by atoms with Crippen molar-refractivity contribution in [2.45, 2.75) is 27.2 Å². The first kappa shape index (κ1) is 8.38. The number of hydrogen-bond donors (Lipinski definition) is 0. The molecule has 0 bridgehead atoms. The van der Waals surface area contributed by atoms with E-state index in [0.717, 1.165) is 0 Å². The van der Waals surface area contributed by atoms with Gasteiger partial charge >= 0.3 is 76.4 Å². The van der Waals surface area contributed by atoms with Crippen molar-refractivity contribution in [3.8, 4) is 0 Å². The quantitative estimate of drug-likeness (QED) is 0.570. The normalized spacial score (nSPS) is 18.8. The molecule has 0 heterocycles. The predicted octanol–water partition coefficient (Wildman–Crippen LogP) is 2.42. The predicted molar refractivity (Wildman–Crippen MR) is 46.0 cm³/mol. The van der Waals surface area contributed by atoms with Crippen LogP contribution in [0.5, 0.6) is 0 Å². The van der Waals surface area contributed by atoms with Gasteiger partial charge in [0.2, 0.25) is 0 Å². The van der Waals surface area contributed by atoms with Crippen molar-refractivity contribution in [2.24, 2.45) is 5.41 Å². The number of rotatable bonds is 0. The summed E-state index contributed by atoms with van der Waals surface area (Å²) in [5.74, 6) is 0. The minimum absolute atomic E-state index is 0.367. The third-order valence-corrected chi connectivity index (χ3v) is 3.09. The van der Waals surface area contributed by atoms with Crippen LogP contribution >= 0.6 is 0 Å². The van der Waals surface area contributed by atoms with Crippen molar-refractivity contribution in [1.29, 1.82) is 0 Å². The van der Waals surface area contributed by atoms with Crippen molar-refractivity contribution in [3.63, 3.8) is 0 Å². The summed E-state index contributed by atoms with van der Waals surface area (Å²) >= 11 is 1.58. The van der Waals surface area contributed by atoms with E-state index in [1.807, 2.05) is 0 Å². The van der Waals surface area contributed by atoms with Gasteiger partial charge in [-0.15, -0.1) is 0 Å². The van der Waals surface area contributed by atoms with Gasteiger partial charge in [-0.05, 0) is 0 Å². The molecule has 53 valence electrons. The zero-order valence-corrected chi connectivity index (χ0v) is 9.72. The fraction of sp³-hybridized carbons (Fsp3) is 0.556. The second kappa shape index (κ2) is 2.72. The molecule has 0 fully saturated rings. The molecule has 3 radical (unpaired) electrons. The van der Waals surface area contributed by atoms with Gasteiger partial charge in [-0.3, -0.25) is 0 Å². The molecule has 0 saturated carbocycles. The zero-order valence-electron chi connectivity index (χ0n) is 6.86. The van der Waals surface area contributed by atoms with E-state index in [9.17, 15) is 0 Å². The van der Waals surface area contributed by atoms with Crippen LogP contribution in [0.3, 0.4) is 0 Å². The van der Waals surface area contributed by atoms with Gasteiger partial charge in [0.15, 0.2) is 0 Å². The Bertz CT molecular complexity index is 191. The van der Waals surface area contributed by atoms with Gasteiger partial charge in [0, 0.05) is 0 Å². The van der Waals surface area contributed by atoms with Crippen molar-refractivity contribution in [2.75, 3.05) is 0 Å². The van der Waals surface area contributed by atoms with Gasteiger partial charge in [0.05, 0.1) is 0 Å². The van der Waals surface area contributed by atoms with E-state index in [1.165, 1.54) is 6.42 Å². The van der Waals surface area contributed by atoms with Crippen molar-refractivity contribution in [1.82, 2.24) is 0 Å². The third kappa shape index (κ3) is 1.66. The van der Waals surface area contributed by atoms with Crippen molar-refractivity contribution < 1.29 is 0 Å². The van der Waals surface area contributed by atoms with Gasteiger partial charge < -0.3 is 0 Å². The van der Waals surface area contributed by atoms with Crippen LogP contribution in [0, 0.1) is 5.41 Å². The van der Waals surface area contributed by atoms with Crippen LogP contribution < -0.4 is 0 Å². The van der Waals surface area contributed by atoms with Crippen LogP contribution in [0.15, 0.2) is 21.3 Å². The van der Waals surface area contributed by atoms with Crippen LogP contribution in [0.2, 0.25) is 0 Å². The maximum atomic E-state index is 2.28. The molecule has 0 aromatic heterocycles. The van der Waals surface area contributed by atoms with Gasteiger partial charge in [0.1, 0.15) is 0 Å². The standard InChI is InChI=1S/C9H13.Sn/c1-9(2,3)8-6-4-5-7-8;/h4,6H,5H2,1-3H3;. The molecule has 1 rings (SSSR count). The molecular formula is C9H13Sn. The Morgan fingerprint density at radius 3 is 2.20 bits per heavy atom. The summed E-state index contributed by atoms with van der Waals surface area (Å²) in [4.78, 5) is 0. The molecule has 0 atom stereocenters. The second-order valence-corrected chi connectivity index (χ2v) is 5.47. The van der Waals surface area contributed by atoms with E-state index in [-0.39, 0.29) is 0 Å². The SMILES string of the molecule is CC(C)(C)C1=[C]([Sn])CC=C1. The molecule has 0 aromatic carbocycles. The molecule has 0 unspecified atom stereocenters. The first-order chi connectivity index (χ1) is 4.52. The van der Waals surface area contributed by atoms with Crippen LogP contribution in [0.25, 0.3) is 0 Å². The minimum atomic E-state index is 0.367. The summed E-state index contributed by atoms with van der Waals surface area (Å²) in [7, 11) is 0. The summed E-state index contributed by atoms with van der Waals surface area (Å²) in [6, 6.07) is 0. The Balaban J connectivity index is 2.91. The van der Waals surface area contributed by atoms with E-state index in [1.54, 1.807) is 31.7 Å². The topological polar surface area (TPSA) is 0 Å². The average Bonchev–Trinajstić information content (AvgIpc) is 2.11. The number of allylic oxidation sites excluding steroid dienone is 4. The Hall–Kier alpha value is 0.279. The molecule has 0 spiro atoms. The number of hydrogen-bond acceptors (Lipinski definition) is 0. The van der Waals surface area contributed by atoms with E-state index < -0.39 is 0 Å². The van der Waals surface area contributed by atoms with Crippen molar-refractivity contribution in [3.05, 3.63) is 21.3 Å². The molecule has 1 aliphatic rings. The Morgan fingerprint density at radius 1 is 1.40 bits per heavy atom. The van der Waals surface area contributed by atoms with Crippen LogP contribution in [0.1, 0.15) is 27.2 Å². The molecule has 1 heteroatoms. The summed E-state index contributed by atoms with van der Waals surface area (Å²) < 4.78 is 1.62. The molecule has 0 nitrogen and oxygen atoms in total. The summed E-state index contributed by atoms with van der Waals surface area (Å²) in [6.07, 6.45) is 5.75. The van der Waals surface area contributed by atoms with Gasteiger partial charge in [-0.2, -0.15) is 0 Å². The third-order valence-electron chi connectivity index (χ3n) is 1.74. The van der Waals surface area contributed by atoms with Gasteiger partial charge in [-0.1, -0.05) is 0 Å². The summed E-state index contributed by atoms with van der Waals surface area (Å²) in [6.45, 7) is 6.84. The first-order valence-electron chi connectivity index (χ1n) is 3.63. The Morgan fingerprint density at radius 2 is 2.00 bits per heavy atom. The molecule has 0 amide bonds. The van der Waals surface area contributed by atoms with Crippen LogP contribution in [-0.4, -0.2) is 22.5 Å². The molecular weight excluding hydrogens is 227 g/mol. The molecule has 0 aliphatic heterocycles. The maximum absolute atomic E-state index is 2.28. The summed E-state index contributed by atoms with van der Waals surface area (Å²) in [5.41, 5.74) is 1.93. The van der Waals surface area contributed by atoms with Gasteiger partial charge in [-0.25, -0.2) is 0 Å². The van der Waals surface area contributed by atoms with E-state index in [4.69, 9.17) is 0 Å². The second-order valence-electron chi connectivity index (χ2n) is 3.75. The van der Waals surface area contributed by atoms with E-state index in [0.29, 0.717) is 5.41 Å². The van der Waals surface area contributed by atoms with Crippen LogP contribution in [-0.2, 0) is 0 Å². The zero-order chi connectivity index (χ0) is 7.78. The Kier molecular flexibility index (Phi) is 2.28. The fourth-order valence-corrected chi connectivity index (χ4v) is 2.85. The molecule has 1 aliphatic carbocycles. The first-order valence-corrected chi connectivity index (χ1v) is 5.06.